The highest BCUT2D eigenvalue weighted by atomic mass is 35.5. The van der Waals surface area contributed by atoms with Crippen LogP contribution in [0.5, 0.6) is 5.75 Å². The number of hydrogen-bond donors (Lipinski definition) is 0. The third-order valence-electron chi connectivity index (χ3n) is 2.76. The van der Waals surface area contributed by atoms with Crippen molar-refractivity contribution in [3.8, 4) is 5.75 Å². The minimum atomic E-state index is -3.63. The average Bonchev–Trinajstić information content (AvgIpc) is 2.99. The lowest BCUT2D eigenvalue weighted by atomic mass is 10.3. The fraction of sp³-hybridized carbons (Fsp3) is 0.143. The molecule has 112 valence electrons. The molecule has 2 rings (SSSR count). The van der Waals surface area contributed by atoms with Gasteiger partial charge in [0, 0.05) is 0 Å². The zero-order valence-corrected chi connectivity index (χ0v) is 13.7. The molecule has 0 aliphatic carbocycles. The van der Waals surface area contributed by atoms with Gasteiger partial charge in [0.15, 0.2) is 0 Å². The quantitative estimate of drug-likeness (QED) is 0.750. The van der Waals surface area contributed by atoms with Gasteiger partial charge in [0.2, 0.25) is 0 Å². The first kappa shape index (κ1) is 15.9. The van der Waals surface area contributed by atoms with Crippen LogP contribution in [0.25, 0.3) is 0 Å². The molecule has 2 aromatic rings. The smallest absolute Gasteiger partial charge is 0.274 e. The molecule has 0 amide bonds. The molecule has 0 fully saturated rings. The lowest BCUT2D eigenvalue weighted by Gasteiger charge is -2.22. The molecule has 7 heteroatoms. The zero-order chi connectivity index (χ0) is 15.5. The number of rotatable bonds is 6. The van der Waals surface area contributed by atoms with E-state index in [1.165, 1.54) is 28.8 Å². The number of nitrogens with zero attached hydrogens (tertiary/aromatic N) is 1. The van der Waals surface area contributed by atoms with Crippen molar-refractivity contribution in [1.29, 1.82) is 0 Å². The van der Waals surface area contributed by atoms with Crippen molar-refractivity contribution < 1.29 is 13.2 Å². The molecular formula is C14H14ClNO3S2. The van der Waals surface area contributed by atoms with Crippen LogP contribution in [0.15, 0.2) is 52.6 Å². The SMILES string of the molecule is C=CCN(c1ccc(OC)c(Cl)c1)S(=O)(=O)c1cccs1. The highest BCUT2D eigenvalue weighted by Crippen LogP contribution is 2.32. The third-order valence-corrected chi connectivity index (χ3v) is 6.22. The minimum absolute atomic E-state index is 0.156. The van der Waals surface area contributed by atoms with Gasteiger partial charge in [-0.1, -0.05) is 23.7 Å². The maximum atomic E-state index is 12.7. The predicted octanol–water partition coefficient (Wildman–Crippen LogP) is 3.79. The highest BCUT2D eigenvalue weighted by Gasteiger charge is 2.25. The van der Waals surface area contributed by atoms with Crippen molar-refractivity contribution in [3.63, 3.8) is 0 Å². The molecule has 0 bridgehead atoms. The van der Waals surface area contributed by atoms with Crippen molar-refractivity contribution in [1.82, 2.24) is 0 Å². The Balaban J connectivity index is 2.49. The number of halogens is 1. The Morgan fingerprint density at radius 2 is 2.19 bits per heavy atom. The van der Waals surface area contributed by atoms with E-state index in [-0.39, 0.29) is 10.8 Å². The van der Waals surface area contributed by atoms with E-state index >= 15 is 0 Å². The predicted molar refractivity (Wildman–Crippen MR) is 87.1 cm³/mol. The number of anilines is 1. The topological polar surface area (TPSA) is 46.6 Å². The second kappa shape index (κ2) is 6.51. The molecule has 0 unspecified atom stereocenters. The van der Waals surface area contributed by atoms with Crippen LogP contribution < -0.4 is 9.04 Å². The first-order chi connectivity index (χ1) is 10.0. The van der Waals surface area contributed by atoms with Crippen LogP contribution in [0.3, 0.4) is 0 Å². The van der Waals surface area contributed by atoms with E-state index in [1.807, 2.05) is 0 Å². The van der Waals surface area contributed by atoms with E-state index in [2.05, 4.69) is 6.58 Å². The van der Waals surface area contributed by atoms with Gasteiger partial charge in [-0.25, -0.2) is 8.42 Å². The summed E-state index contributed by atoms with van der Waals surface area (Å²) in [6.45, 7) is 3.77. The van der Waals surface area contributed by atoms with Gasteiger partial charge in [-0.15, -0.1) is 17.9 Å². The van der Waals surface area contributed by atoms with Gasteiger partial charge in [0.05, 0.1) is 24.4 Å². The molecule has 0 saturated heterocycles. The molecular weight excluding hydrogens is 330 g/mol. The lowest BCUT2D eigenvalue weighted by Crippen LogP contribution is -2.30. The van der Waals surface area contributed by atoms with Crippen LogP contribution in [0.1, 0.15) is 0 Å². The number of methoxy groups -OCH3 is 1. The van der Waals surface area contributed by atoms with Crippen molar-refractivity contribution in [2.24, 2.45) is 0 Å². The van der Waals surface area contributed by atoms with Gasteiger partial charge in [0.25, 0.3) is 10.0 Å². The van der Waals surface area contributed by atoms with Crippen molar-refractivity contribution in [2.75, 3.05) is 18.0 Å². The Morgan fingerprint density at radius 1 is 1.43 bits per heavy atom. The van der Waals surface area contributed by atoms with Gasteiger partial charge in [-0.2, -0.15) is 0 Å². The van der Waals surface area contributed by atoms with Crippen LogP contribution in [-0.2, 0) is 10.0 Å². The van der Waals surface area contributed by atoms with Gasteiger partial charge in [-0.05, 0) is 29.6 Å². The molecule has 21 heavy (non-hydrogen) atoms. The van der Waals surface area contributed by atoms with Gasteiger partial charge in [-0.3, -0.25) is 4.31 Å². The summed E-state index contributed by atoms with van der Waals surface area (Å²) >= 11 is 7.25. The number of ether oxygens (including phenoxy) is 1. The standard InChI is InChI=1S/C14H14ClNO3S2/c1-3-8-16(21(17,18)14-5-4-9-20-14)11-6-7-13(19-2)12(15)10-11/h3-7,9-10H,1,8H2,2H3. The summed E-state index contributed by atoms with van der Waals surface area (Å²) in [5.74, 6) is 0.493. The molecule has 1 heterocycles. The molecule has 1 aromatic carbocycles. The molecule has 0 aliphatic rings. The van der Waals surface area contributed by atoms with Crippen LogP contribution in [-0.4, -0.2) is 22.1 Å². The third kappa shape index (κ3) is 3.23. The number of benzene rings is 1. The summed E-state index contributed by atoms with van der Waals surface area (Å²) in [6.07, 6.45) is 1.53. The monoisotopic (exact) mass is 343 g/mol. The summed E-state index contributed by atoms with van der Waals surface area (Å²) in [5.41, 5.74) is 0.467. The first-order valence-corrected chi connectivity index (χ1v) is 8.71. The van der Waals surface area contributed by atoms with E-state index in [1.54, 1.807) is 35.7 Å². The van der Waals surface area contributed by atoms with Crippen LogP contribution in [0.4, 0.5) is 5.69 Å². The molecule has 0 N–H and O–H groups in total. The van der Waals surface area contributed by atoms with Crippen molar-refractivity contribution >= 4 is 38.6 Å². The Labute approximate surface area is 133 Å². The van der Waals surface area contributed by atoms with Gasteiger partial charge >= 0.3 is 0 Å². The second-order valence-electron chi connectivity index (χ2n) is 4.08. The molecule has 0 atom stereocenters. The molecule has 0 radical (unpaired) electrons. The normalized spacial score (nSPS) is 11.1. The number of thiophene rings is 1. The fourth-order valence-corrected chi connectivity index (χ4v) is 4.57. The summed E-state index contributed by atoms with van der Waals surface area (Å²) < 4.78 is 31.9. The van der Waals surface area contributed by atoms with Gasteiger partial charge in [0.1, 0.15) is 9.96 Å². The summed E-state index contributed by atoms with van der Waals surface area (Å²) in [7, 11) is -2.12. The fourth-order valence-electron chi connectivity index (χ4n) is 1.79. The van der Waals surface area contributed by atoms with Crippen LogP contribution in [0, 0.1) is 0 Å². The van der Waals surface area contributed by atoms with Crippen molar-refractivity contribution in [3.05, 3.63) is 53.4 Å². The van der Waals surface area contributed by atoms with E-state index in [0.717, 1.165) is 0 Å². The zero-order valence-electron chi connectivity index (χ0n) is 11.3. The molecule has 4 nitrogen and oxygen atoms in total. The lowest BCUT2D eigenvalue weighted by molar-refractivity contribution is 0.415. The summed E-state index contributed by atoms with van der Waals surface area (Å²) in [6, 6.07) is 8.12. The minimum Gasteiger partial charge on any atom is -0.495 e. The summed E-state index contributed by atoms with van der Waals surface area (Å²) in [5, 5.41) is 2.07. The Morgan fingerprint density at radius 3 is 2.71 bits per heavy atom. The van der Waals surface area contributed by atoms with Crippen LogP contribution >= 0.6 is 22.9 Å². The maximum Gasteiger partial charge on any atom is 0.274 e. The van der Waals surface area contributed by atoms with Crippen molar-refractivity contribution in [2.45, 2.75) is 4.21 Å². The first-order valence-electron chi connectivity index (χ1n) is 6.01. The van der Waals surface area contributed by atoms with Crippen LogP contribution in [0.2, 0.25) is 5.02 Å². The Hall–Kier alpha value is -1.50. The van der Waals surface area contributed by atoms with E-state index in [0.29, 0.717) is 16.5 Å². The maximum absolute atomic E-state index is 12.7. The van der Waals surface area contributed by atoms with E-state index in [4.69, 9.17) is 16.3 Å². The number of sulfonamides is 1. The van der Waals surface area contributed by atoms with Gasteiger partial charge < -0.3 is 4.74 Å². The summed E-state index contributed by atoms with van der Waals surface area (Å²) in [4.78, 5) is 0. The van der Waals surface area contributed by atoms with E-state index in [9.17, 15) is 8.42 Å². The molecule has 0 saturated carbocycles. The number of hydrogen-bond acceptors (Lipinski definition) is 4. The molecule has 0 aliphatic heterocycles. The van der Waals surface area contributed by atoms with E-state index < -0.39 is 10.0 Å². The average molecular weight is 344 g/mol. The Kier molecular flexibility index (Phi) is 4.92. The largest absolute Gasteiger partial charge is 0.495 e. The molecule has 1 aromatic heterocycles. The Bertz CT molecular complexity index is 727. The molecule has 0 spiro atoms. The second-order valence-corrected chi connectivity index (χ2v) is 7.52. The highest BCUT2D eigenvalue weighted by molar-refractivity contribution is 7.94.